The maximum absolute atomic E-state index is 13.0. The van der Waals surface area contributed by atoms with Gasteiger partial charge in [-0.1, -0.05) is 30.3 Å². The smallest absolute Gasteiger partial charge is 0.252 e. The quantitative estimate of drug-likeness (QED) is 0.550. The molecule has 0 radical (unpaired) electrons. The molecule has 0 bridgehead atoms. The first kappa shape index (κ1) is 18.7. The number of carbonyl (C=O) groups is 1. The first-order valence-corrected chi connectivity index (χ1v) is 9.44. The molecule has 2 heterocycles. The van der Waals surface area contributed by atoms with E-state index in [-0.39, 0.29) is 5.91 Å². The molecule has 2 aromatic heterocycles. The van der Waals surface area contributed by atoms with Gasteiger partial charge in [0.15, 0.2) is 0 Å². The number of nitrogens with zero attached hydrogens (tertiary/aromatic N) is 3. The summed E-state index contributed by atoms with van der Waals surface area (Å²) < 4.78 is 6.90. The fourth-order valence-corrected chi connectivity index (χ4v) is 3.27. The zero-order valence-electron chi connectivity index (χ0n) is 16.4. The topological polar surface area (TPSA) is 69.0 Å². The number of methoxy groups -OCH3 is 1. The van der Waals surface area contributed by atoms with E-state index in [4.69, 9.17) is 9.72 Å². The molecular formula is C23H22N4O2. The lowest BCUT2D eigenvalue weighted by molar-refractivity contribution is 0.0955. The van der Waals surface area contributed by atoms with Gasteiger partial charge in [0.05, 0.1) is 30.1 Å². The van der Waals surface area contributed by atoms with E-state index in [1.54, 1.807) is 18.0 Å². The molecular weight excluding hydrogens is 364 g/mol. The molecule has 1 amide bonds. The van der Waals surface area contributed by atoms with Crippen LogP contribution in [0.25, 0.3) is 22.2 Å². The number of pyridine rings is 1. The van der Waals surface area contributed by atoms with Crippen molar-refractivity contribution in [2.45, 2.75) is 6.42 Å². The highest BCUT2D eigenvalue weighted by Gasteiger charge is 2.14. The number of amides is 1. The Morgan fingerprint density at radius 3 is 2.66 bits per heavy atom. The highest BCUT2D eigenvalue weighted by molar-refractivity contribution is 6.07. The number of fused-ring (bicyclic) bond motifs is 1. The maximum Gasteiger partial charge on any atom is 0.252 e. The normalized spacial score (nSPS) is 10.8. The minimum Gasteiger partial charge on any atom is -0.497 e. The average molecular weight is 386 g/mol. The van der Waals surface area contributed by atoms with Gasteiger partial charge in [-0.2, -0.15) is 5.10 Å². The lowest BCUT2D eigenvalue weighted by atomic mass is 10.0. The summed E-state index contributed by atoms with van der Waals surface area (Å²) in [4.78, 5) is 17.7. The van der Waals surface area contributed by atoms with Crippen LogP contribution in [0, 0.1) is 0 Å². The van der Waals surface area contributed by atoms with Crippen LogP contribution in [0.5, 0.6) is 5.75 Å². The first-order chi connectivity index (χ1) is 14.1. The third-order valence-electron chi connectivity index (χ3n) is 4.82. The molecule has 6 heteroatoms. The first-order valence-electron chi connectivity index (χ1n) is 9.44. The standard InChI is InChI=1S/C23H22N4O2/c1-27-15-17(14-25-27)22-13-20(19-5-3-4-6-21(19)26-22)23(28)24-12-11-16-7-9-18(29-2)10-8-16/h3-10,13-15H,11-12H2,1-2H3,(H,24,28). The fraction of sp³-hybridized carbons (Fsp3) is 0.174. The second-order valence-corrected chi connectivity index (χ2v) is 6.83. The molecule has 0 spiro atoms. The van der Waals surface area contributed by atoms with Gasteiger partial charge >= 0.3 is 0 Å². The molecule has 1 N–H and O–H groups in total. The van der Waals surface area contributed by atoms with Crippen LogP contribution < -0.4 is 10.1 Å². The minimum absolute atomic E-state index is 0.109. The van der Waals surface area contributed by atoms with Crippen molar-refractivity contribution in [3.8, 4) is 17.0 Å². The van der Waals surface area contributed by atoms with Crippen molar-refractivity contribution >= 4 is 16.8 Å². The van der Waals surface area contributed by atoms with Crippen molar-refractivity contribution in [2.24, 2.45) is 7.05 Å². The van der Waals surface area contributed by atoms with E-state index in [0.29, 0.717) is 12.1 Å². The summed E-state index contributed by atoms with van der Waals surface area (Å²) in [6, 6.07) is 17.4. The number of aromatic nitrogens is 3. The Balaban J connectivity index is 1.55. The van der Waals surface area contributed by atoms with Crippen LogP contribution in [0.2, 0.25) is 0 Å². The molecule has 4 aromatic rings. The van der Waals surface area contributed by atoms with Gasteiger partial charge in [0.25, 0.3) is 5.91 Å². The molecule has 0 fully saturated rings. The molecule has 4 rings (SSSR count). The summed E-state index contributed by atoms with van der Waals surface area (Å²) >= 11 is 0. The number of ether oxygens (including phenoxy) is 1. The Hall–Kier alpha value is -3.67. The van der Waals surface area contributed by atoms with E-state index in [9.17, 15) is 4.79 Å². The van der Waals surface area contributed by atoms with Gasteiger partial charge in [-0.15, -0.1) is 0 Å². The zero-order chi connectivity index (χ0) is 20.2. The molecule has 6 nitrogen and oxygen atoms in total. The molecule has 0 aliphatic heterocycles. The molecule has 29 heavy (non-hydrogen) atoms. The van der Waals surface area contributed by atoms with Gasteiger partial charge in [-0.05, 0) is 36.2 Å². The molecule has 0 atom stereocenters. The largest absolute Gasteiger partial charge is 0.497 e. The third kappa shape index (κ3) is 4.11. The van der Waals surface area contributed by atoms with Crippen LogP contribution in [0.3, 0.4) is 0 Å². The molecule has 0 aliphatic rings. The zero-order valence-corrected chi connectivity index (χ0v) is 16.4. The summed E-state index contributed by atoms with van der Waals surface area (Å²) in [5.41, 5.74) is 4.16. The molecule has 0 saturated heterocycles. The third-order valence-corrected chi connectivity index (χ3v) is 4.82. The van der Waals surface area contributed by atoms with Crippen LogP contribution >= 0.6 is 0 Å². The monoisotopic (exact) mass is 386 g/mol. The van der Waals surface area contributed by atoms with E-state index < -0.39 is 0 Å². The van der Waals surface area contributed by atoms with Gasteiger partial charge in [-0.25, -0.2) is 4.98 Å². The second kappa shape index (κ2) is 8.14. The Morgan fingerprint density at radius 1 is 1.14 bits per heavy atom. The van der Waals surface area contributed by atoms with Crippen molar-refractivity contribution in [2.75, 3.05) is 13.7 Å². The SMILES string of the molecule is COc1ccc(CCNC(=O)c2cc(-c3cnn(C)c3)nc3ccccc23)cc1. The number of para-hydroxylation sites is 1. The van der Waals surface area contributed by atoms with Gasteiger partial charge in [-0.3, -0.25) is 9.48 Å². The lowest BCUT2D eigenvalue weighted by Gasteiger charge is -2.10. The summed E-state index contributed by atoms with van der Waals surface area (Å²) in [5.74, 6) is 0.714. The van der Waals surface area contributed by atoms with Gasteiger partial charge in [0, 0.05) is 30.7 Å². The van der Waals surface area contributed by atoms with Crippen LogP contribution in [-0.2, 0) is 13.5 Å². The van der Waals surface area contributed by atoms with E-state index in [2.05, 4.69) is 10.4 Å². The number of hydrogen-bond donors (Lipinski definition) is 1. The van der Waals surface area contributed by atoms with Crippen molar-refractivity contribution in [3.05, 3.63) is 78.1 Å². The van der Waals surface area contributed by atoms with Crippen LogP contribution in [-0.4, -0.2) is 34.3 Å². The molecule has 146 valence electrons. The fourth-order valence-electron chi connectivity index (χ4n) is 3.27. The predicted octanol–water partition coefficient (Wildman–Crippen LogP) is 3.62. The highest BCUT2D eigenvalue weighted by Crippen LogP contribution is 2.24. The molecule has 2 aromatic carbocycles. The van der Waals surface area contributed by atoms with Crippen molar-refractivity contribution in [3.63, 3.8) is 0 Å². The minimum atomic E-state index is -0.109. The van der Waals surface area contributed by atoms with Gasteiger partial charge in [0.1, 0.15) is 5.75 Å². The van der Waals surface area contributed by atoms with Crippen molar-refractivity contribution < 1.29 is 9.53 Å². The number of rotatable bonds is 6. The van der Waals surface area contributed by atoms with E-state index in [0.717, 1.165) is 39.9 Å². The summed E-state index contributed by atoms with van der Waals surface area (Å²) in [6.45, 7) is 0.546. The summed E-state index contributed by atoms with van der Waals surface area (Å²) in [5, 5.41) is 8.08. The van der Waals surface area contributed by atoms with Crippen LogP contribution in [0.4, 0.5) is 0 Å². The Morgan fingerprint density at radius 2 is 1.93 bits per heavy atom. The maximum atomic E-state index is 13.0. The van der Waals surface area contributed by atoms with Crippen LogP contribution in [0.15, 0.2) is 67.0 Å². The summed E-state index contributed by atoms with van der Waals surface area (Å²) in [7, 11) is 3.51. The van der Waals surface area contributed by atoms with Gasteiger partial charge in [0.2, 0.25) is 0 Å². The average Bonchev–Trinajstić information content (AvgIpc) is 3.19. The van der Waals surface area contributed by atoms with Crippen molar-refractivity contribution in [1.82, 2.24) is 20.1 Å². The predicted molar refractivity (Wildman–Crippen MR) is 113 cm³/mol. The molecule has 0 unspecified atom stereocenters. The number of nitrogens with one attached hydrogen (secondary N) is 1. The number of aryl methyl sites for hydroxylation is 1. The summed E-state index contributed by atoms with van der Waals surface area (Å²) in [6.07, 6.45) is 4.39. The number of carbonyl (C=O) groups excluding carboxylic acids is 1. The number of benzene rings is 2. The van der Waals surface area contributed by atoms with E-state index in [1.165, 1.54) is 0 Å². The second-order valence-electron chi connectivity index (χ2n) is 6.83. The Kier molecular flexibility index (Phi) is 5.24. The Labute approximate surface area is 169 Å². The van der Waals surface area contributed by atoms with Crippen LogP contribution in [0.1, 0.15) is 15.9 Å². The lowest BCUT2D eigenvalue weighted by Crippen LogP contribution is -2.26. The number of hydrogen-bond acceptors (Lipinski definition) is 4. The Bertz CT molecular complexity index is 1150. The molecule has 0 saturated carbocycles. The molecule has 0 aliphatic carbocycles. The van der Waals surface area contributed by atoms with Crippen molar-refractivity contribution in [1.29, 1.82) is 0 Å². The van der Waals surface area contributed by atoms with E-state index >= 15 is 0 Å². The van der Waals surface area contributed by atoms with E-state index in [1.807, 2.05) is 67.8 Å². The highest BCUT2D eigenvalue weighted by atomic mass is 16.5. The van der Waals surface area contributed by atoms with Gasteiger partial charge < -0.3 is 10.1 Å².